The van der Waals surface area contributed by atoms with Gasteiger partial charge < -0.3 is 10.1 Å². The number of halogens is 2. The average Bonchev–Trinajstić information content (AvgIpc) is 2.65. The van der Waals surface area contributed by atoms with Crippen molar-refractivity contribution >= 4 is 28.4 Å². The van der Waals surface area contributed by atoms with Gasteiger partial charge in [0, 0.05) is 12.6 Å². The van der Waals surface area contributed by atoms with Crippen molar-refractivity contribution in [1.82, 2.24) is 10.0 Å². The number of methoxy groups -OCH3 is 1. The van der Waals surface area contributed by atoms with Crippen LogP contribution >= 0.6 is 12.4 Å². The van der Waals surface area contributed by atoms with Crippen molar-refractivity contribution in [3.05, 3.63) is 65.0 Å². The van der Waals surface area contributed by atoms with Crippen LogP contribution in [0.15, 0.2) is 47.4 Å². The highest BCUT2D eigenvalue weighted by atomic mass is 35.5. The third-order valence-corrected chi connectivity index (χ3v) is 5.70. The van der Waals surface area contributed by atoms with Crippen molar-refractivity contribution in [3.63, 3.8) is 0 Å². The number of sulfonamides is 1. The molecule has 0 bridgehead atoms. The lowest BCUT2D eigenvalue weighted by Gasteiger charge is -2.27. The first-order valence-electron chi connectivity index (χ1n) is 8.10. The van der Waals surface area contributed by atoms with Crippen LogP contribution in [0.2, 0.25) is 0 Å². The number of esters is 1. The molecule has 6 nitrogen and oxygen atoms in total. The molecule has 2 N–H and O–H groups in total. The number of ether oxygens (including phenoxy) is 1. The lowest BCUT2D eigenvalue weighted by molar-refractivity contribution is 0.0600. The summed E-state index contributed by atoms with van der Waals surface area (Å²) in [4.78, 5) is 11.3. The normalized spacial score (nSPS) is 16.1. The minimum Gasteiger partial charge on any atom is -0.465 e. The molecule has 0 saturated heterocycles. The Balaban J connectivity index is 0.00000261. The van der Waals surface area contributed by atoms with E-state index in [-0.39, 0.29) is 35.5 Å². The highest BCUT2D eigenvalue weighted by Gasteiger charge is 2.23. The Kier molecular flexibility index (Phi) is 6.94. The van der Waals surface area contributed by atoms with E-state index < -0.39 is 21.8 Å². The second kappa shape index (κ2) is 8.79. The monoisotopic (exact) mass is 414 g/mol. The zero-order valence-corrected chi connectivity index (χ0v) is 16.2. The summed E-state index contributed by atoms with van der Waals surface area (Å²) < 4.78 is 45.8. The van der Waals surface area contributed by atoms with Crippen LogP contribution in [-0.2, 0) is 21.2 Å². The predicted octanol–water partition coefficient (Wildman–Crippen LogP) is 2.20. The summed E-state index contributed by atoms with van der Waals surface area (Å²) >= 11 is 0. The summed E-state index contributed by atoms with van der Waals surface area (Å²) in [6.07, 6.45) is 0.881. The van der Waals surface area contributed by atoms with E-state index >= 15 is 0 Å². The van der Waals surface area contributed by atoms with Gasteiger partial charge in [0.1, 0.15) is 5.82 Å². The Labute approximate surface area is 163 Å². The van der Waals surface area contributed by atoms with Crippen molar-refractivity contribution in [1.29, 1.82) is 0 Å². The van der Waals surface area contributed by atoms with Gasteiger partial charge in [-0.25, -0.2) is 22.3 Å². The molecule has 1 unspecified atom stereocenters. The van der Waals surface area contributed by atoms with Gasteiger partial charge >= 0.3 is 5.97 Å². The molecule has 2 aromatic rings. The van der Waals surface area contributed by atoms with E-state index in [2.05, 4.69) is 14.8 Å². The number of carbonyl (C=O) groups is 1. The zero-order chi connectivity index (χ0) is 18.7. The van der Waals surface area contributed by atoms with Crippen LogP contribution in [0.4, 0.5) is 4.39 Å². The van der Waals surface area contributed by atoms with Crippen molar-refractivity contribution in [2.75, 3.05) is 20.2 Å². The van der Waals surface area contributed by atoms with E-state index in [1.807, 2.05) is 24.3 Å². The van der Waals surface area contributed by atoms with Gasteiger partial charge in [-0.15, -0.1) is 12.4 Å². The van der Waals surface area contributed by atoms with E-state index in [1.54, 1.807) is 0 Å². The fraction of sp³-hybridized carbons (Fsp3) is 0.278. The molecule has 0 aliphatic carbocycles. The Morgan fingerprint density at radius 3 is 2.78 bits per heavy atom. The minimum atomic E-state index is -3.99. The first-order valence-corrected chi connectivity index (χ1v) is 9.59. The molecule has 146 valence electrons. The second-order valence-corrected chi connectivity index (χ2v) is 7.74. The molecular formula is C18H20ClFN2O4S. The van der Waals surface area contributed by atoms with Crippen molar-refractivity contribution in [2.24, 2.45) is 0 Å². The van der Waals surface area contributed by atoms with Crippen molar-refractivity contribution in [2.45, 2.75) is 17.4 Å². The summed E-state index contributed by atoms with van der Waals surface area (Å²) in [6.45, 7) is 0.860. The molecule has 2 aromatic carbocycles. The average molecular weight is 415 g/mol. The molecule has 3 rings (SSSR count). The van der Waals surface area contributed by atoms with Gasteiger partial charge in [-0.3, -0.25) is 0 Å². The number of rotatable bonds is 5. The first kappa shape index (κ1) is 21.3. The third-order valence-electron chi connectivity index (χ3n) is 4.30. The Bertz CT molecular complexity index is 937. The molecule has 0 radical (unpaired) electrons. The third kappa shape index (κ3) is 4.84. The van der Waals surface area contributed by atoms with Gasteiger partial charge in [-0.2, -0.15) is 0 Å². The molecule has 9 heteroatoms. The minimum absolute atomic E-state index is 0. The fourth-order valence-corrected chi connectivity index (χ4v) is 4.11. The van der Waals surface area contributed by atoms with Crippen LogP contribution in [0.5, 0.6) is 0 Å². The molecule has 1 heterocycles. The van der Waals surface area contributed by atoms with Gasteiger partial charge in [0.2, 0.25) is 10.0 Å². The molecule has 0 amide bonds. The number of hydrogen-bond donors (Lipinski definition) is 2. The molecule has 1 aliphatic heterocycles. The molecular weight excluding hydrogens is 395 g/mol. The van der Waals surface area contributed by atoms with E-state index in [4.69, 9.17) is 0 Å². The van der Waals surface area contributed by atoms with Crippen molar-refractivity contribution < 1.29 is 22.3 Å². The van der Waals surface area contributed by atoms with Crippen LogP contribution in [-0.4, -0.2) is 34.6 Å². The topological polar surface area (TPSA) is 84.5 Å². The van der Waals surface area contributed by atoms with Crippen LogP contribution in [0.3, 0.4) is 0 Å². The lowest BCUT2D eigenvalue weighted by atomic mass is 9.95. The molecule has 27 heavy (non-hydrogen) atoms. The number of hydrogen-bond acceptors (Lipinski definition) is 5. The molecule has 0 fully saturated rings. The summed E-state index contributed by atoms with van der Waals surface area (Å²) in [7, 11) is -2.84. The van der Waals surface area contributed by atoms with E-state index in [1.165, 1.54) is 5.56 Å². The highest BCUT2D eigenvalue weighted by molar-refractivity contribution is 7.89. The van der Waals surface area contributed by atoms with Crippen LogP contribution in [0, 0.1) is 5.82 Å². The number of fused-ring (bicyclic) bond motifs is 1. The number of carbonyl (C=O) groups excluding carboxylic acids is 1. The molecule has 1 atom stereocenters. The lowest BCUT2D eigenvalue weighted by Crippen LogP contribution is -2.38. The summed E-state index contributed by atoms with van der Waals surface area (Å²) in [6, 6.07) is 10.6. The van der Waals surface area contributed by atoms with E-state index in [0.717, 1.165) is 43.8 Å². The Hall–Kier alpha value is -2.00. The molecule has 1 aliphatic rings. The Morgan fingerprint density at radius 1 is 1.30 bits per heavy atom. The highest BCUT2D eigenvalue weighted by Crippen LogP contribution is 2.23. The van der Waals surface area contributed by atoms with Crippen LogP contribution in [0.25, 0.3) is 0 Å². The number of benzene rings is 2. The largest absolute Gasteiger partial charge is 0.465 e. The standard InChI is InChI=1S/C18H19FN2O4S.ClH/c1-25-18(22)13-8-14(19)10-15(9-13)26(23,24)21-11-17-16-5-3-2-4-12(16)6-7-20-17;/h2-5,8-10,17,20-21H,6-7,11H2,1H3;1H. The van der Waals surface area contributed by atoms with Gasteiger partial charge in [0.05, 0.1) is 17.6 Å². The maximum absolute atomic E-state index is 13.7. The SMILES string of the molecule is COC(=O)c1cc(F)cc(S(=O)(=O)NCC2NCCc3ccccc32)c1.Cl. The molecule has 0 saturated carbocycles. The summed E-state index contributed by atoms with van der Waals surface area (Å²) in [5.41, 5.74) is 2.05. The summed E-state index contributed by atoms with van der Waals surface area (Å²) in [5, 5.41) is 3.27. The van der Waals surface area contributed by atoms with Gasteiger partial charge in [0.25, 0.3) is 0 Å². The van der Waals surface area contributed by atoms with E-state index in [9.17, 15) is 17.6 Å². The maximum atomic E-state index is 13.7. The Morgan fingerprint density at radius 2 is 2.04 bits per heavy atom. The van der Waals surface area contributed by atoms with Gasteiger partial charge in [0.15, 0.2) is 0 Å². The molecule has 0 spiro atoms. The fourth-order valence-electron chi connectivity index (χ4n) is 3.00. The second-order valence-electron chi connectivity index (χ2n) is 5.97. The maximum Gasteiger partial charge on any atom is 0.337 e. The quantitative estimate of drug-likeness (QED) is 0.733. The van der Waals surface area contributed by atoms with Crippen LogP contribution < -0.4 is 10.0 Å². The molecule has 0 aromatic heterocycles. The summed E-state index contributed by atoms with van der Waals surface area (Å²) in [5.74, 6) is -1.63. The zero-order valence-electron chi connectivity index (χ0n) is 14.6. The van der Waals surface area contributed by atoms with Gasteiger partial charge in [-0.1, -0.05) is 24.3 Å². The number of nitrogens with one attached hydrogen (secondary N) is 2. The van der Waals surface area contributed by atoms with Gasteiger partial charge in [-0.05, 0) is 42.3 Å². The first-order chi connectivity index (χ1) is 12.4. The van der Waals surface area contributed by atoms with Crippen molar-refractivity contribution in [3.8, 4) is 0 Å². The van der Waals surface area contributed by atoms with E-state index in [0.29, 0.717) is 0 Å². The predicted molar refractivity (Wildman–Crippen MR) is 101 cm³/mol. The smallest absolute Gasteiger partial charge is 0.337 e. The van der Waals surface area contributed by atoms with Crippen LogP contribution in [0.1, 0.15) is 27.5 Å².